The Morgan fingerprint density at radius 2 is 1.51 bits per heavy atom. The summed E-state index contributed by atoms with van der Waals surface area (Å²) in [5, 5.41) is 48.2. The number of ether oxygens (including phenoxy) is 2. The molecule has 2 bridgehead atoms. The zero-order valence-electron chi connectivity index (χ0n) is 20.2. The van der Waals surface area contributed by atoms with E-state index in [1.165, 1.54) is 24.0 Å². The van der Waals surface area contributed by atoms with Crippen LogP contribution in [0.25, 0.3) is 0 Å². The molecule has 5 N–H and O–H groups in total. The third kappa shape index (κ3) is 6.55. The van der Waals surface area contributed by atoms with Gasteiger partial charge in [0.2, 0.25) is 0 Å². The predicted octanol–water partition coefficient (Wildman–Crippen LogP) is 1.17. The van der Waals surface area contributed by atoms with Gasteiger partial charge in [-0.05, 0) is 56.6 Å². The van der Waals surface area contributed by atoms with Crippen molar-refractivity contribution in [2.24, 2.45) is 11.8 Å². The molecular weight excluding hydrogens is 1310 g/mol. The van der Waals surface area contributed by atoms with Crippen LogP contribution >= 0.6 is 0 Å². The molecule has 7 nitrogen and oxygen atoms in total. The number of hydrogen-bond acceptors (Lipinski definition) is 7. The van der Waals surface area contributed by atoms with Crippen LogP contribution in [0.1, 0.15) is 44.2 Å². The van der Waals surface area contributed by atoms with Crippen LogP contribution in [0.5, 0.6) is 11.5 Å². The average Bonchev–Trinajstić information content (AvgIpc) is 3.09. The largest absolute Gasteiger partial charge is 0.504 e. The topological polar surface area (TPSA) is 120 Å². The van der Waals surface area contributed by atoms with Gasteiger partial charge in [0.25, 0.3) is 0 Å². The minimum Gasteiger partial charge on any atom is -0.504 e. The second kappa shape index (κ2) is 15.0. The van der Waals surface area contributed by atoms with E-state index in [1.807, 2.05) is 6.08 Å². The number of aliphatic hydroxyl groups is 4. The Bertz CT molecular complexity index is 889. The molecule has 1 unspecified atom stereocenters. The van der Waals surface area contributed by atoms with Crippen molar-refractivity contribution < 1.29 is 211 Å². The molecular formula is C24H32Ac4O7. The van der Waals surface area contributed by atoms with Crippen molar-refractivity contribution in [1.29, 1.82) is 0 Å². The molecule has 1 aromatic carbocycles. The maximum Gasteiger partial charge on any atom is 0.165 e. The van der Waals surface area contributed by atoms with E-state index in [1.54, 1.807) is 19.9 Å². The molecule has 2 heterocycles. The smallest absolute Gasteiger partial charge is 0.165 e. The van der Waals surface area contributed by atoms with Gasteiger partial charge in [-0.15, -0.1) is 0 Å². The molecule has 1 aromatic rings. The second-order valence-corrected chi connectivity index (χ2v) is 9.80. The summed E-state index contributed by atoms with van der Waals surface area (Å²) >= 11 is 0. The van der Waals surface area contributed by atoms with Gasteiger partial charge in [-0.2, -0.15) is 0 Å². The Morgan fingerprint density at radius 1 is 0.886 bits per heavy atom. The van der Waals surface area contributed by atoms with Gasteiger partial charge in [-0.1, -0.05) is 24.6 Å². The van der Waals surface area contributed by atoms with Crippen LogP contribution in [0.4, 0.5) is 0 Å². The monoisotopic (exact) mass is 1340 g/mol. The molecule has 2 aliphatic heterocycles. The average molecular weight is 1340 g/mol. The molecule has 1 saturated carbocycles. The number of aliphatic hydroxyl groups excluding tert-OH is 4. The molecule has 1 saturated heterocycles. The van der Waals surface area contributed by atoms with Gasteiger partial charge >= 0.3 is 0 Å². The minimum atomic E-state index is -1.09. The summed E-state index contributed by atoms with van der Waals surface area (Å²) in [5.41, 5.74) is 2.43. The van der Waals surface area contributed by atoms with Crippen LogP contribution in [0, 0.1) is 188 Å². The van der Waals surface area contributed by atoms with Crippen molar-refractivity contribution in [1.82, 2.24) is 0 Å². The van der Waals surface area contributed by atoms with Crippen LogP contribution in [-0.2, 0) is 16.6 Å². The summed E-state index contributed by atoms with van der Waals surface area (Å²) in [6, 6.07) is 3.80. The zero-order valence-corrected chi connectivity index (χ0v) is 39.2. The number of rotatable bonds is 0. The van der Waals surface area contributed by atoms with Gasteiger partial charge in [-0.3, -0.25) is 0 Å². The van der Waals surface area contributed by atoms with Crippen molar-refractivity contribution >= 4 is 0 Å². The van der Waals surface area contributed by atoms with Crippen molar-refractivity contribution in [2.45, 2.75) is 87.7 Å². The van der Waals surface area contributed by atoms with Crippen LogP contribution in [0.2, 0.25) is 0 Å². The summed E-state index contributed by atoms with van der Waals surface area (Å²) in [6.07, 6.45) is 4.03. The van der Waals surface area contributed by atoms with Crippen molar-refractivity contribution in [3.8, 4) is 11.5 Å². The molecule has 35 heavy (non-hydrogen) atoms. The van der Waals surface area contributed by atoms with E-state index in [0.717, 1.165) is 12.8 Å². The van der Waals surface area contributed by atoms with E-state index in [4.69, 9.17) is 9.47 Å². The van der Waals surface area contributed by atoms with E-state index < -0.39 is 36.6 Å². The third-order valence-corrected chi connectivity index (χ3v) is 8.11. The summed E-state index contributed by atoms with van der Waals surface area (Å²) in [4.78, 5) is 0. The Hall–Kier alpha value is 4.13. The van der Waals surface area contributed by atoms with Crippen LogP contribution in [-0.4, -0.2) is 68.3 Å². The molecule has 3 aliphatic carbocycles. The number of hydrogen-bond donors (Lipinski definition) is 5. The molecule has 0 aromatic heterocycles. The molecule has 10 atom stereocenters. The van der Waals surface area contributed by atoms with Crippen molar-refractivity contribution in [3.63, 3.8) is 0 Å². The predicted molar refractivity (Wildman–Crippen MR) is 112 cm³/mol. The SMILES string of the molecule is C[C@@H]1O[C@H](C)[C@@H](O)C(O)[C@H]1O.Oc1ccc2c3c1O[C@H]1[C@@H](O)C=C[C@H]4[C@H](CCC[C@@]341)C2.[Ac].[Ac].[Ac].[Ac]. The number of benzene rings is 1. The van der Waals surface area contributed by atoms with Crippen LogP contribution in [0.15, 0.2) is 24.3 Å². The Kier molecular flexibility index (Phi) is 16.0. The molecule has 5 aliphatic rings. The fraction of sp³-hybridized carbons (Fsp3) is 0.667. The summed E-state index contributed by atoms with van der Waals surface area (Å²) in [7, 11) is 0. The van der Waals surface area contributed by atoms with Gasteiger partial charge in [-0.25, -0.2) is 0 Å². The summed E-state index contributed by atoms with van der Waals surface area (Å²) in [5.74, 6) is 1.98. The first kappa shape index (κ1) is 37.2. The van der Waals surface area contributed by atoms with Gasteiger partial charge in [0.15, 0.2) is 11.5 Å². The fourth-order valence-corrected chi connectivity index (χ4v) is 6.64. The number of phenols is 1. The Morgan fingerprint density at radius 3 is 2.14 bits per heavy atom. The Labute approximate surface area is 350 Å². The summed E-state index contributed by atoms with van der Waals surface area (Å²) in [6.45, 7) is 3.33. The van der Waals surface area contributed by atoms with Crippen LogP contribution in [0.3, 0.4) is 0 Å². The first-order valence-electron chi connectivity index (χ1n) is 11.3. The third-order valence-electron chi connectivity index (χ3n) is 8.11. The first-order valence-corrected chi connectivity index (χ1v) is 11.3. The van der Waals surface area contributed by atoms with E-state index in [9.17, 15) is 25.5 Å². The number of phenolic OH excluding ortho intramolecular Hbond substituents is 1. The first-order chi connectivity index (χ1) is 14.8. The van der Waals surface area contributed by atoms with E-state index >= 15 is 0 Å². The summed E-state index contributed by atoms with van der Waals surface area (Å²) < 4.78 is 11.2. The number of allylic oxidation sites excluding steroid dienone is 1. The Balaban J connectivity index is 0.000000360. The number of aromatic hydroxyl groups is 1. The molecule has 6 rings (SSSR count). The maximum absolute atomic E-state index is 10.4. The van der Waals surface area contributed by atoms with Gasteiger partial charge in [0.05, 0.1) is 12.2 Å². The fourth-order valence-electron chi connectivity index (χ4n) is 6.64. The molecule has 0 amide bonds. The van der Waals surface area contributed by atoms with Gasteiger partial charge in [0.1, 0.15) is 30.5 Å². The molecule has 182 valence electrons. The van der Waals surface area contributed by atoms with Crippen molar-refractivity contribution in [2.75, 3.05) is 0 Å². The molecule has 2 fully saturated rings. The molecule has 4 radical (unpaired) electrons. The molecule has 1 spiro atoms. The van der Waals surface area contributed by atoms with Gasteiger partial charge in [0, 0.05) is 187 Å². The van der Waals surface area contributed by atoms with Crippen molar-refractivity contribution in [3.05, 3.63) is 35.4 Å². The standard InChI is InChI=1S/C17H18O3.C7H14O4.4Ac/c18-12-5-3-10-8-9-2-1-7-17-11(9)4-6-13(19)16(17)20-15(12)14(10)17;1-3-5(8)7(10)6(9)4(2)11-3;;;;/h3-6,9,11,13,16,18-19H,1-2,7-8H2;3-10H,1-2H3;;;;/t9-,11+,13+,16+,17+;3-,4+,5-,6+,7?;;;;/m1...../s1. The minimum absolute atomic E-state index is 0. The van der Waals surface area contributed by atoms with E-state index in [0.29, 0.717) is 17.6 Å². The second-order valence-electron chi connectivity index (χ2n) is 9.80. The quantitative estimate of drug-likeness (QED) is 0.248. The maximum atomic E-state index is 10.4. The normalized spacial score (nSPS) is 41.1. The molecule has 11 heteroatoms. The zero-order chi connectivity index (χ0) is 22.1. The van der Waals surface area contributed by atoms with E-state index in [2.05, 4.69) is 12.1 Å². The van der Waals surface area contributed by atoms with E-state index in [-0.39, 0.29) is 194 Å². The van der Waals surface area contributed by atoms with Gasteiger partial charge < -0.3 is 35.0 Å². The van der Waals surface area contributed by atoms with Crippen LogP contribution < -0.4 is 4.74 Å².